The van der Waals surface area contributed by atoms with E-state index in [0.29, 0.717) is 17.9 Å². The number of hydrogen-bond donors (Lipinski definition) is 0. The van der Waals surface area contributed by atoms with Gasteiger partial charge in [-0.25, -0.2) is 0 Å². The minimum atomic E-state index is 0.287. The minimum Gasteiger partial charge on any atom is -0.339 e. The predicted octanol–water partition coefficient (Wildman–Crippen LogP) is 2.84. The summed E-state index contributed by atoms with van der Waals surface area (Å²) < 4.78 is 10.7. The molecule has 1 aliphatic carbocycles. The number of hydrogen-bond acceptors (Lipinski definition) is 7. The standard InChI is InChI=1S/C15H21N5O2/c1-9(2)12-17-15(22-18-12)20-7-5-10(6-8-20)13-16-14(21-19-13)11-3-4-11/h9-11H,3-8H2,1-2H3. The molecule has 0 atom stereocenters. The van der Waals surface area contributed by atoms with Gasteiger partial charge in [0.15, 0.2) is 11.6 Å². The van der Waals surface area contributed by atoms with Gasteiger partial charge in [-0.1, -0.05) is 24.2 Å². The first-order chi connectivity index (χ1) is 10.7. The Balaban J connectivity index is 1.38. The maximum atomic E-state index is 5.37. The highest BCUT2D eigenvalue weighted by atomic mass is 16.5. The number of anilines is 1. The van der Waals surface area contributed by atoms with Gasteiger partial charge in [-0.3, -0.25) is 0 Å². The van der Waals surface area contributed by atoms with Crippen LogP contribution in [0, 0.1) is 0 Å². The summed E-state index contributed by atoms with van der Waals surface area (Å²) in [7, 11) is 0. The average molecular weight is 303 g/mol. The molecule has 1 saturated heterocycles. The smallest absolute Gasteiger partial charge is 0.324 e. The van der Waals surface area contributed by atoms with Gasteiger partial charge in [0.25, 0.3) is 0 Å². The molecule has 0 unspecified atom stereocenters. The van der Waals surface area contributed by atoms with E-state index in [-0.39, 0.29) is 5.92 Å². The molecule has 118 valence electrons. The second kappa shape index (κ2) is 5.37. The molecule has 2 aromatic rings. The summed E-state index contributed by atoms with van der Waals surface area (Å²) in [5.74, 6) is 3.65. The summed E-state index contributed by atoms with van der Waals surface area (Å²) in [4.78, 5) is 11.2. The lowest BCUT2D eigenvalue weighted by atomic mass is 9.96. The van der Waals surface area contributed by atoms with Gasteiger partial charge >= 0.3 is 6.01 Å². The summed E-state index contributed by atoms with van der Waals surface area (Å²) in [6, 6.07) is 0.633. The zero-order valence-electron chi connectivity index (χ0n) is 13.0. The van der Waals surface area contributed by atoms with Crippen LogP contribution in [-0.4, -0.2) is 33.4 Å². The topological polar surface area (TPSA) is 81.1 Å². The molecule has 7 nitrogen and oxygen atoms in total. The minimum absolute atomic E-state index is 0.287. The maximum Gasteiger partial charge on any atom is 0.324 e. The molecule has 0 aromatic carbocycles. The first-order valence-electron chi connectivity index (χ1n) is 8.12. The lowest BCUT2D eigenvalue weighted by Crippen LogP contribution is -2.33. The summed E-state index contributed by atoms with van der Waals surface area (Å²) in [5.41, 5.74) is 0. The molecule has 2 fully saturated rings. The first-order valence-corrected chi connectivity index (χ1v) is 8.12. The van der Waals surface area contributed by atoms with Gasteiger partial charge in [0, 0.05) is 30.8 Å². The zero-order chi connectivity index (χ0) is 15.1. The fraction of sp³-hybridized carbons (Fsp3) is 0.733. The second-order valence-electron chi connectivity index (χ2n) is 6.62. The Hall–Kier alpha value is -1.92. The van der Waals surface area contributed by atoms with Crippen LogP contribution in [0.15, 0.2) is 9.05 Å². The van der Waals surface area contributed by atoms with E-state index in [0.717, 1.165) is 43.5 Å². The molecule has 2 aromatic heterocycles. The Labute approximate surface area is 129 Å². The van der Waals surface area contributed by atoms with Gasteiger partial charge in [-0.2, -0.15) is 9.97 Å². The molecular formula is C15H21N5O2. The van der Waals surface area contributed by atoms with Gasteiger partial charge in [-0.05, 0) is 25.7 Å². The van der Waals surface area contributed by atoms with Gasteiger partial charge in [-0.15, -0.1) is 0 Å². The molecular weight excluding hydrogens is 282 g/mol. The molecule has 0 spiro atoms. The highest BCUT2D eigenvalue weighted by Crippen LogP contribution is 2.40. The molecule has 4 rings (SSSR count). The number of nitrogens with zero attached hydrogens (tertiary/aromatic N) is 5. The van der Waals surface area contributed by atoms with E-state index in [1.54, 1.807) is 0 Å². The van der Waals surface area contributed by atoms with Gasteiger partial charge < -0.3 is 13.9 Å². The monoisotopic (exact) mass is 303 g/mol. The van der Waals surface area contributed by atoms with Gasteiger partial charge in [0.2, 0.25) is 5.89 Å². The first kappa shape index (κ1) is 13.7. The largest absolute Gasteiger partial charge is 0.339 e. The van der Waals surface area contributed by atoms with Gasteiger partial charge in [0.05, 0.1) is 0 Å². The SMILES string of the molecule is CC(C)c1noc(N2CCC(c3noc(C4CC4)n3)CC2)n1. The van der Waals surface area contributed by atoms with Crippen molar-refractivity contribution in [3.8, 4) is 0 Å². The molecule has 0 N–H and O–H groups in total. The summed E-state index contributed by atoms with van der Waals surface area (Å²) in [6.45, 7) is 5.90. The van der Waals surface area contributed by atoms with Crippen LogP contribution in [0.4, 0.5) is 6.01 Å². The summed E-state index contributed by atoms with van der Waals surface area (Å²) in [5, 5.41) is 8.20. The fourth-order valence-electron chi connectivity index (χ4n) is 2.83. The van der Waals surface area contributed by atoms with Crippen LogP contribution in [0.2, 0.25) is 0 Å². The fourth-order valence-corrected chi connectivity index (χ4v) is 2.83. The third-order valence-corrected chi connectivity index (χ3v) is 4.46. The van der Waals surface area contributed by atoms with Crippen LogP contribution in [0.3, 0.4) is 0 Å². The van der Waals surface area contributed by atoms with E-state index in [1.807, 2.05) is 0 Å². The van der Waals surface area contributed by atoms with Crippen molar-refractivity contribution in [2.75, 3.05) is 18.0 Å². The van der Waals surface area contributed by atoms with Crippen molar-refractivity contribution in [1.29, 1.82) is 0 Å². The maximum absolute atomic E-state index is 5.37. The molecule has 3 heterocycles. The molecule has 22 heavy (non-hydrogen) atoms. The highest BCUT2D eigenvalue weighted by Gasteiger charge is 2.32. The third-order valence-electron chi connectivity index (χ3n) is 4.46. The average Bonchev–Trinajstić information content (AvgIpc) is 3.06. The summed E-state index contributed by atoms with van der Waals surface area (Å²) in [6.07, 6.45) is 4.36. The Morgan fingerprint density at radius 2 is 1.73 bits per heavy atom. The van der Waals surface area contributed by atoms with Crippen molar-refractivity contribution < 1.29 is 9.05 Å². The van der Waals surface area contributed by atoms with Crippen molar-refractivity contribution in [1.82, 2.24) is 20.3 Å². The number of aromatic nitrogens is 4. The summed E-state index contributed by atoms with van der Waals surface area (Å²) >= 11 is 0. The van der Waals surface area contributed by atoms with E-state index < -0.39 is 0 Å². The Morgan fingerprint density at radius 3 is 2.36 bits per heavy atom. The quantitative estimate of drug-likeness (QED) is 0.859. The van der Waals surface area contributed by atoms with Crippen molar-refractivity contribution in [2.24, 2.45) is 0 Å². The van der Waals surface area contributed by atoms with Gasteiger partial charge in [0.1, 0.15) is 0 Å². The molecule has 0 amide bonds. The number of piperidine rings is 1. The van der Waals surface area contributed by atoms with Crippen LogP contribution in [0.1, 0.15) is 74.8 Å². The zero-order valence-corrected chi connectivity index (χ0v) is 13.0. The van der Waals surface area contributed by atoms with E-state index in [4.69, 9.17) is 9.05 Å². The van der Waals surface area contributed by atoms with Crippen molar-refractivity contribution in [2.45, 2.75) is 57.3 Å². The van der Waals surface area contributed by atoms with Crippen LogP contribution in [0.5, 0.6) is 0 Å². The van der Waals surface area contributed by atoms with Crippen molar-refractivity contribution in [3.63, 3.8) is 0 Å². The molecule has 1 aliphatic heterocycles. The molecule has 1 saturated carbocycles. The van der Waals surface area contributed by atoms with Crippen LogP contribution >= 0.6 is 0 Å². The third kappa shape index (κ3) is 2.60. The Bertz CT molecular complexity index is 590. The van der Waals surface area contributed by atoms with E-state index in [2.05, 4.69) is 39.0 Å². The predicted molar refractivity (Wildman–Crippen MR) is 78.8 cm³/mol. The van der Waals surface area contributed by atoms with Crippen LogP contribution < -0.4 is 4.90 Å². The van der Waals surface area contributed by atoms with E-state index in [1.165, 1.54) is 12.8 Å². The Kier molecular flexibility index (Phi) is 3.35. The highest BCUT2D eigenvalue weighted by molar-refractivity contribution is 5.27. The van der Waals surface area contributed by atoms with Crippen molar-refractivity contribution in [3.05, 3.63) is 17.5 Å². The van der Waals surface area contributed by atoms with E-state index in [9.17, 15) is 0 Å². The lowest BCUT2D eigenvalue weighted by Gasteiger charge is -2.28. The number of rotatable bonds is 4. The molecule has 0 radical (unpaired) electrons. The van der Waals surface area contributed by atoms with E-state index >= 15 is 0 Å². The molecule has 7 heteroatoms. The van der Waals surface area contributed by atoms with Crippen LogP contribution in [-0.2, 0) is 0 Å². The van der Waals surface area contributed by atoms with Crippen molar-refractivity contribution >= 4 is 6.01 Å². The second-order valence-corrected chi connectivity index (χ2v) is 6.62. The molecule has 2 aliphatic rings. The molecule has 0 bridgehead atoms. The van der Waals surface area contributed by atoms with Crippen LogP contribution in [0.25, 0.3) is 0 Å². The normalized spacial score (nSPS) is 20.0. The Morgan fingerprint density at radius 1 is 0.955 bits per heavy atom. The lowest BCUT2D eigenvalue weighted by molar-refractivity contribution is 0.359.